The van der Waals surface area contributed by atoms with Crippen molar-refractivity contribution in [2.45, 2.75) is 77.2 Å². The number of aliphatic hydroxyl groups is 1. The van der Waals surface area contributed by atoms with E-state index in [1.807, 2.05) is 11.0 Å². The summed E-state index contributed by atoms with van der Waals surface area (Å²) in [7, 11) is 2.14. The van der Waals surface area contributed by atoms with Crippen LogP contribution in [-0.4, -0.2) is 60.3 Å². The summed E-state index contributed by atoms with van der Waals surface area (Å²) in [5.41, 5.74) is 3.31. The number of carbonyl (C=O) groups excluding carboxylic acids is 1. The van der Waals surface area contributed by atoms with Crippen molar-refractivity contribution in [2.75, 3.05) is 33.2 Å². The molecule has 5 aliphatic rings. The SMILES string of the molecule is CCCC[C@@H]1Cc2cc(OC(=O)N3CC4(CN(C)C4)C3)ccc2[C@H]2CC[C@]3(C)[C@@H](O)CC[C@H]3[C@H]12. The van der Waals surface area contributed by atoms with Gasteiger partial charge in [0.2, 0.25) is 0 Å². The maximum atomic E-state index is 12.8. The van der Waals surface area contributed by atoms with E-state index in [2.05, 4.69) is 37.9 Å². The highest BCUT2D eigenvalue weighted by atomic mass is 16.6. The van der Waals surface area contributed by atoms with Crippen LogP contribution in [0.1, 0.15) is 75.8 Å². The summed E-state index contributed by atoms with van der Waals surface area (Å²) < 4.78 is 5.87. The number of ether oxygens (including phenoxy) is 1. The van der Waals surface area contributed by atoms with Gasteiger partial charge in [0.05, 0.1) is 6.10 Å². The quantitative estimate of drug-likeness (QED) is 0.673. The number of unbranched alkanes of at least 4 members (excludes halogenated alkanes) is 1. The third kappa shape index (κ3) is 3.52. The van der Waals surface area contributed by atoms with Gasteiger partial charge >= 0.3 is 6.09 Å². The predicted octanol–water partition coefficient (Wildman–Crippen LogP) is 5.07. The lowest BCUT2D eigenvalue weighted by Gasteiger charge is -2.58. The molecule has 1 aromatic carbocycles. The Morgan fingerprint density at radius 3 is 2.71 bits per heavy atom. The minimum atomic E-state index is -0.190. The summed E-state index contributed by atoms with van der Waals surface area (Å²) >= 11 is 0. The van der Waals surface area contributed by atoms with Crippen molar-refractivity contribution in [3.8, 4) is 5.75 Å². The van der Waals surface area contributed by atoms with Crippen molar-refractivity contribution >= 4 is 6.09 Å². The highest BCUT2D eigenvalue weighted by molar-refractivity contribution is 5.72. The van der Waals surface area contributed by atoms with Gasteiger partial charge in [0.15, 0.2) is 0 Å². The minimum Gasteiger partial charge on any atom is -0.410 e. The number of nitrogens with zero attached hydrogens (tertiary/aromatic N) is 2. The molecule has 34 heavy (non-hydrogen) atoms. The Morgan fingerprint density at radius 2 is 1.97 bits per heavy atom. The van der Waals surface area contributed by atoms with E-state index >= 15 is 0 Å². The van der Waals surface area contributed by atoms with Gasteiger partial charge in [0.1, 0.15) is 5.75 Å². The molecule has 0 unspecified atom stereocenters. The van der Waals surface area contributed by atoms with Crippen LogP contribution >= 0.6 is 0 Å². The Hall–Kier alpha value is -1.59. The number of amides is 1. The summed E-state index contributed by atoms with van der Waals surface area (Å²) in [6.45, 7) is 8.49. The largest absolute Gasteiger partial charge is 0.415 e. The van der Waals surface area contributed by atoms with E-state index in [0.29, 0.717) is 34.8 Å². The summed E-state index contributed by atoms with van der Waals surface area (Å²) in [6, 6.07) is 6.47. The van der Waals surface area contributed by atoms with E-state index in [-0.39, 0.29) is 17.6 Å². The molecule has 0 aromatic heterocycles. The van der Waals surface area contributed by atoms with Crippen LogP contribution in [0.25, 0.3) is 0 Å². The Balaban J connectivity index is 1.20. The summed E-state index contributed by atoms with van der Waals surface area (Å²) in [5.74, 6) is 3.29. The topological polar surface area (TPSA) is 53.0 Å². The third-order valence-corrected chi connectivity index (χ3v) is 10.5. The molecule has 3 aliphatic carbocycles. The second-order valence-electron chi connectivity index (χ2n) is 12.8. The molecule has 1 amide bonds. The zero-order valence-electron chi connectivity index (χ0n) is 21.3. The number of hydrogen-bond donors (Lipinski definition) is 1. The Morgan fingerprint density at radius 1 is 1.18 bits per heavy atom. The van der Waals surface area contributed by atoms with E-state index in [4.69, 9.17) is 4.74 Å². The molecule has 1 aromatic rings. The van der Waals surface area contributed by atoms with Gasteiger partial charge in [-0.3, -0.25) is 0 Å². The Bertz CT molecular complexity index is 949. The zero-order chi connectivity index (χ0) is 23.7. The molecular weight excluding hydrogens is 424 g/mol. The monoisotopic (exact) mass is 466 g/mol. The first-order valence-electron chi connectivity index (χ1n) is 13.8. The highest BCUT2D eigenvalue weighted by Crippen LogP contribution is 2.62. The minimum absolute atomic E-state index is 0.0996. The van der Waals surface area contributed by atoms with Gasteiger partial charge in [-0.25, -0.2) is 4.79 Å². The fourth-order valence-corrected chi connectivity index (χ4v) is 8.91. The molecule has 5 nitrogen and oxygen atoms in total. The van der Waals surface area contributed by atoms with Crippen LogP contribution in [0.4, 0.5) is 4.79 Å². The van der Waals surface area contributed by atoms with Crippen molar-refractivity contribution in [1.82, 2.24) is 9.80 Å². The van der Waals surface area contributed by atoms with Crippen molar-refractivity contribution in [3.05, 3.63) is 29.3 Å². The number of fused-ring (bicyclic) bond motifs is 5. The van der Waals surface area contributed by atoms with Gasteiger partial charge in [-0.2, -0.15) is 0 Å². The molecule has 1 spiro atoms. The van der Waals surface area contributed by atoms with Crippen LogP contribution in [0, 0.1) is 28.6 Å². The molecule has 6 rings (SSSR count). The molecule has 186 valence electrons. The van der Waals surface area contributed by atoms with Crippen LogP contribution in [0.5, 0.6) is 5.75 Å². The number of rotatable bonds is 4. The maximum absolute atomic E-state index is 12.8. The van der Waals surface area contributed by atoms with Gasteiger partial charge in [-0.1, -0.05) is 32.8 Å². The van der Waals surface area contributed by atoms with E-state index in [1.165, 1.54) is 43.2 Å². The van der Waals surface area contributed by atoms with E-state index in [9.17, 15) is 9.90 Å². The first-order valence-corrected chi connectivity index (χ1v) is 13.8. The number of benzene rings is 1. The first-order chi connectivity index (χ1) is 16.3. The molecule has 2 heterocycles. The van der Waals surface area contributed by atoms with Crippen molar-refractivity contribution in [2.24, 2.45) is 28.6 Å². The first kappa shape index (κ1) is 22.8. The second kappa shape index (κ2) is 8.23. The maximum Gasteiger partial charge on any atom is 0.415 e. The number of likely N-dealkylation sites (tertiary alicyclic amines) is 2. The normalized spacial score (nSPS) is 37.9. The zero-order valence-corrected chi connectivity index (χ0v) is 21.3. The number of carbonyl (C=O) groups is 1. The fourth-order valence-electron chi connectivity index (χ4n) is 8.91. The average molecular weight is 467 g/mol. The summed E-state index contributed by atoms with van der Waals surface area (Å²) in [5, 5.41) is 10.8. The molecule has 1 N–H and O–H groups in total. The van der Waals surface area contributed by atoms with Crippen molar-refractivity contribution in [1.29, 1.82) is 0 Å². The highest BCUT2D eigenvalue weighted by Gasteiger charge is 2.56. The molecule has 6 atom stereocenters. The van der Waals surface area contributed by atoms with E-state index < -0.39 is 0 Å². The van der Waals surface area contributed by atoms with Crippen LogP contribution < -0.4 is 4.74 Å². The lowest BCUT2D eigenvalue weighted by Crippen LogP contribution is -2.72. The lowest BCUT2D eigenvalue weighted by molar-refractivity contribution is -0.0891. The van der Waals surface area contributed by atoms with Gasteiger partial charge in [-0.15, -0.1) is 0 Å². The fraction of sp³-hybridized carbons (Fsp3) is 0.759. The Labute approximate surface area is 204 Å². The van der Waals surface area contributed by atoms with Crippen LogP contribution in [-0.2, 0) is 6.42 Å². The molecule has 5 heteroatoms. The van der Waals surface area contributed by atoms with E-state index in [1.54, 1.807) is 0 Å². The van der Waals surface area contributed by atoms with Crippen LogP contribution in [0.2, 0.25) is 0 Å². The van der Waals surface area contributed by atoms with Gasteiger partial charge in [0.25, 0.3) is 0 Å². The summed E-state index contributed by atoms with van der Waals surface area (Å²) in [6.07, 6.45) is 9.00. The third-order valence-electron chi connectivity index (χ3n) is 10.5. The van der Waals surface area contributed by atoms with Crippen LogP contribution in [0.15, 0.2) is 18.2 Å². The molecule has 2 saturated heterocycles. The number of hydrogen-bond acceptors (Lipinski definition) is 4. The summed E-state index contributed by atoms with van der Waals surface area (Å²) in [4.78, 5) is 16.9. The van der Waals surface area contributed by atoms with E-state index in [0.717, 1.165) is 45.4 Å². The van der Waals surface area contributed by atoms with Crippen LogP contribution in [0.3, 0.4) is 0 Å². The lowest BCUT2D eigenvalue weighted by atomic mass is 9.52. The standard InChI is InChI=1S/C29H42N2O3/c1-4-5-6-19-13-20-14-21(34-27(33)31-17-29(18-31)15-30(3)16-29)7-8-22(20)23-11-12-28(2)24(26(19)23)9-10-25(28)32/h7-8,14,19,23-26,32H,4-6,9-13,15-18H2,1-3H3/t19-,23-,24+,25+,26-,28+/m1/s1. The second-order valence-corrected chi connectivity index (χ2v) is 12.8. The molecule has 0 bridgehead atoms. The molecule has 0 radical (unpaired) electrons. The van der Waals surface area contributed by atoms with Crippen molar-refractivity contribution in [3.63, 3.8) is 0 Å². The van der Waals surface area contributed by atoms with Gasteiger partial charge in [-0.05, 0) is 97.9 Å². The van der Waals surface area contributed by atoms with Gasteiger partial charge in [0, 0.05) is 31.6 Å². The molecular formula is C29H42N2O3. The predicted molar refractivity (Wildman–Crippen MR) is 133 cm³/mol. The van der Waals surface area contributed by atoms with Crippen molar-refractivity contribution < 1.29 is 14.6 Å². The number of aliphatic hydroxyl groups excluding tert-OH is 1. The molecule has 2 saturated carbocycles. The average Bonchev–Trinajstić information content (AvgIpc) is 3.07. The smallest absolute Gasteiger partial charge is 0.410 e. The Kier molecular flexibility index (Phi) is 5.53. The molecule has 2 aliphatic heterocycles. The van der Waals surface area contributed by atoms with Gasteiger partial charge < -0.3 is 19.6 Å². The molecule has 4 fully saturated rings.